The number of hydrogen-bond donors (Lipinski definition) is 4. The third kappa shape index (κ3) is 3.93. The maximum atomic E-state index is 14.4. The summed E-state index contributed by atoms with van der Waals surface area (Å²) in [5.74, 6) is -0.923. The Hall–Kier alpha value is -4.91. The van der Waals surface area contributed by atoms with Gasteiger partial charge in [-0.1, -0.05) is 0 Å². The Morgan fingerprint density at radius 2 is 1.82 bits per heavy atom. The third-order valence-electron chi connectivity index (χ3n) is 7.11. The molecule has 7 rings (SSSR count). The Morgan fingerprint density at radius 3 is 2.65 bits per heavy atom. The van der Waals surface area contributed by atoms with Crippen molar-refractivity contribution < 1.29 is 17.9 Å². The normalized spacial score (nSPS) is 14.0. The van der Waals surface area contributed by atoms with Crippen LogP contribution in [0.15, 0.2) is 47.3 Å². The van der Waals surface area contributed by atoms with Gasteiger partial charge in [-0.15, -0.1) is 0 Å². The number of morpholine rings is 1. The molecule has 1 aliphatic heterocycles. The largest absolute Gasteiger partial charge is 0.378 e. The second-order valence-electron chi connectivity index (χ2n) is 9.43. The summed E-state index contributed by atoms with van der Waals surface area (Å²) in [5.41, 5.74) is 1.98. The predicted octanol–water partition coefficient (Wildman–Crippen LogP) is 4.67. The molecule has 0 unspecified atom stereocenters. The number of anilines is 3. The fourth-order valence-electron chi connectivity index (χ4n) is 5.15. The lowest BCUT2D eigenvalue weighted by atomic mass is 10.0. The second kappa shape index (κ2) is 9.38. The number of nitrogens with one attached hydrogen (secondary N) is 4. The van der Waals surface area contributed by atoms with Crippen LogP contribution in [0.4, 0.5) is 30.5 Å². The summed E-state index contributed by atoms with van der Waals surface area (Å²) >= 11 is 0. The van der Waals surface area contributed by atoms with Gasteiger partial charge in [0.25, 0.3) is 5.56 Å². The molecule has 0 atom stereocenters. The van der Waals surface area contributed by atoms with E-state index < -0.39 is 23.9 Å². The van der Waals surface area contributed by atoms with Crippen LogP contribution in [0.25, 0.3) is 44.1 Å². The molecule has 0 aliphatic carbocycles. The Balaban J connectivity index is 1.43. The highest BCUT2D eigenvalue weighted by Crippen LogP contribution is 2.35. The molecular weight excluding hydrogens is 525 g/mol. The van der Waals surface area contributed by atoms with Gasteiger partial charge in [-0.3, -0.25) is 20.1 Å². The third-order valence-corrected chi connectivity index (χ3v) is 7.11. The lowest BCUT2D eigenvalue weighted by Crippen LogP contribution is -2.36. The average molecular weight is 547 g/mol. The summed E-state index contributed by atoms with van der Waals surface area (Å²) in [6.45, 7) is 1.70. The van der Waals surface area contributed by atoms with Gasteiger partial charge in [0.1, 0.15) is 23.8 Å². The van der Waals surface area contributed by atoms with E-state index in [2.05, 4.69) is 30.6 Å². The molecule has 0 spiro atoms. The highest BCUT2D eigenvalue weighted by Gasteiger charge is 2.20. The van der Waals surface area contributed by atoms with E-state index in [1.54, 1.807) is 12.1 Å². The fourth-order valence-corrected chi connectivity index (χ4v) is 5.15. The molecule has 6 aromatic rings. The predicted molar refractivity (Wildman–Crippen MR) is 145 cm³/mol. The summed E-state index contributed by atoms with van der Waals surface area (Å²) in [6, 6.07) is 10.9. The molecule has 10 nitrogen and oxygen atoms in total. The first-order valence-corrected chi connectivity index (χ1v) is 12.5. The van der Waals surface area contributed by atoms with E-state index in [1.807, 2.05) is 18.2 Å². The topological polar surface area (TPSA) is 128 Å². The first-order valence-electron chi connectivity index (χ1n) is 12.5. The molecular formula is C27H21F3N8O2. The number of halogens is 3. The van der Waals surface area contributed by atoms with Crippen LogP contribution in [0.2, 0.25) is 0 Å². The van der Waals surface area contributed by atoms with Crippen LogP contribution in [0.5, 0.6) is 0 Å². The van der Waals surface area contributed by atoms with Gasteiger partial charge < -0.3 is 15.0 Å². The minimum Gasteiger partial charge on any atom is -0.378 e. The summed E-state index contributed by atoms with van der Waals surface area (Å²) in [7, 11) is 0. The monoisotopic (exact) mass is 546 g/mol. The van der Waals surface area contributed by atoms with E-state index in [0.717, 1.165) is 11.8 Å². The summed E-state index contributed by atoms with van der Waals surface area (Å²) < 4.78 is 48.3. The molecule has 0 saturated carbocycles. The van der Waals surface area contributed by atoms with Crippen LogP contribution in [0.3, 0.4) is 0 Å². The molecule has 13 heteroatoms. The minimum atomic E-state index is -0.920. The zero-order valence-electron chi connectivity index (χ0n) is 20.8. The smallest absolute Gasteiger partial charge is 0.272 e. The van der Waals surface area contributed by atoms with Crippen molar-refractivity contribution in [1.29, 1.82) is 0 Å². The van der Waals surface area contributed by atoms with Crippen molar-refractivity contribution in [1.82, 2.24) is 30.4 Å². The van der Waals surface area contributed by atoms with E-state index in [0.29, 0.717) is 54.1 Å². The van der Waals surface area contributed by atoms with Crippen LogP contribution < -0.4 is 15.8 Å². The quantitative estimate of drug-likeness (QED) is 0.247. The van der Waals surface area contributed by atoms with Gasteiger partial charge in [0, 0.05) is 41.4 Å². The number of ether oxygens (including phenoxy) is 1. The van der Waals surface area contributed by atoms with Crippen LogP contribution >= 0.6 is 0 Å². The fraction of sp³-hybridized carbons (Fsp3) is 0.185. The summed E-state index contributed by atoms with van der Waals surface area (Å²) in [4.78, 5) is 24.0. The number of rotatable bonds is 5. The van der Waals surface area contributed by atoms with Gasteiger partial charge in [0.2, 0.25) is 0 Å². The van der Waals surface area contributed by atoms with E-state index in [-0.39, 0.29) is 33.5 Å². The SMILES string of the molecule is O=c1[nH][nH]c2ccc(-c3nc(Nc4n[nH]c5c(F)cc(F)cc45)c4cc(N5CCOCC5)ccc4n3)c(CF)c12. The highest BCUT2D eigenvalue weighted by molar-refractivity contribution is 5.99. The van der Waals surface area contributed by atoms with Crippen molar-refractivity contribution in [3.05, 3.63) is 70.0 Å². The first-order chi connectivity index (χ1) is 19.5. The Labute approximate surface area is 223 Å². The number of alkyl halides is 1. The molecule has 3 aromatic carbocycles. The van der Waals surface area contributed by atoms with Crippen LogP contribution in [0, 0.1) is 11.6 Å². The highest BCUT2D eigenvalue weighted by atomic mass is 19.1. The van der Waals surface area contributed by atoms with E-state index in [1.165, 1.54) is 6.07 Å². The van der Waals surface area contributed by atoms with E-state index in [4.69, 9.17) is 14.7 Å². The molecule has 40 heavy (non-hydrogen) atoms. The summed E-state index contributed by atoms with van der Waals surface area (Å²) in [6.07, 6.45) is 0. The number of nitrogens with zero attached hydrogens (tertiary/aromatic N) is 4. The van der Waals surface area contributed by atoms with Crippen molar-refractivity contribution in [3.63, 3.8) is 0 Å². The second-order valence-corrected chi connectivity index (χ2v) is 9.43. The van der Waals surface area contributed by atoms with Crippen molar-refractivity contribution >= 4 is 50.0 Å². The van der Waals surface area contributed by atoms with Crippen molar-refractivity contribution in [2.45, 2.75) is 6.67 Å². The average Bonchev–Trinajstić information content (AvgIpc) is 3.56. The van der Waals surface area contributed by atoms with E-state index in [9.17, 15) is 18.0 Å². The van der Waals surface area contributed by atoms with Crippen LogP contribution in [0.1, 0.15) is 5.56 Å². The number of aromatic nitrogens is 6. The molecule has 3 aromatic heterocycles. The van der Waals surface area contributed by atoms with Crippen molar-refractivity contribution in [2.24, 2.45) is 0 Å². The Morgan fingerprint density at radius 1 is 0.975 bits per heavy atom. The molecule has 4 heterocycles. The van der Waals surface area contributed by atoms with Gasteiger partial charge in [0.15, 0.2) is 17.5 Å². The molecule has 0 bridgehead atoms. The number of hydrogen-bond acceptors (Lipinski definition) is 7. The van der Waals surface area contributed by atoms with Crippen molar-refractivity contribution in [2.75, 3.05) is 36.5 Å². The van der Waals surface area contributed by atoms with Gasteiger partial charge >= 0.3 is 0 Å². The standard InChI is InChI=1S/C27H21F3N8O2/c28-12-18-15(2-4-21-22(18)27(39)37-34-21)24-31-20-3-1-14(38-5-7-40-8-6-38)11-16(20)25(32-24)33-26-17-9-13(29)10-19(30)23(17)35-36-26/h1-4,9-11H,5-8,12H2,(H2,34,37,39)(H2,31,32,33,35,36). The maximum Gasteiger partial charge on any atom is 0.272 e. The molecule has 0 radical (unpaired) electrons. The molecule has 1 saturated heterocycles. The van der Waals surface area contributed by atoms with Gasteiger partial charge in [-0.05, 0) is 36.4 Å². The Bertz CT molecular complexity index is 1980. The number of aromatic amines is 3. The molecule has 1 aliphatic rings. The lowest BCUT2D eigenvalue weighted by molar-refractivity contribution is 0.122. The van der Waals surface area contributed by atoms with Gasteiger partial charge in [-0.25, -0.2) is 23.1 Å². The maximum absolute atomic E-state index is 14.4. The summed E-state index contributed by atoms with van der Waals surface area (Å²) in [5, 5.41) is 16.1. The Kier molecular flexibility index (Phi) is 5.66. The number of benzene rings is 3. The zero-order chi connectivity index (χ0) is 27.4. The molecule has 1 fully saturated rings. The molecule has 202 valence electrons. The first kappa shape index (κ1) is 24.2. The minimum absolute atomic E-state index is 0.0355. The van der Waals surface area contributed by atoms with Crippen LogP contribution in [-0.2, 0) is 11.4 Å². The van der Waals surface area contributed by atoms with Gasteiger partial charge in [0.05, 0.1) is 35.0 Å². The van der Waals surface area contributed by atoms with E-state index >= 15 is 0 Å². The molecule has 0 amide bonds. The number of fused-ring (bicyclic) bond motifs is 3. The van der Waals surface area contributed by atoms with Crippen molar-refractivity contribution in [3.8, 4) is 11.4 Å². The molecule has 4 N–H and O–H groups in total. The zero-order valence-corrected chi connectivity index (χ0v) is 20.8. The van der Waals surface area contributed by atoms with Gasteiger partial charge in [-0.2, -0.15) is 5.10 Å². The lowest BCUT2D eigenvalue weighted by Gasteiger charge is -2.29. The van der Waals surface area contributed by atoms with Crippen LogP contribution in [-0.4, -0.2) is 56.7 Å². The number of H-pyrrole nitrogens is 3.